The minimum atomic E-state index is -4.61. The monoisotopic (exact) mass is 396 g/mol. The molecule has 4 N–H and O–H groups in total. The van der Waals surface area contributed by atoms with Gasteiger partial charge in [-0.15, -0.1) is 0 Å². The normalized spacial score (nSPS) is 21.7. The van der Waals surface area contributed by atoms with Crippen molar-refractivity contribution in [1.82, 2.24) is 0 Å². The van der Waals surface area contributed by atoms with Crippen LogP contribution in [0.2, 0.25) is 0 Å². The zero-order valence-electron chi connectivity index (χ0n) is 14.5. The van der Waals surface area contributed by atoms with Crippen LogP contribution in [0, 0.1) is 0 Å². The Kier molecular flexibility index (Phi) is 4.26. The third-order valence-corrected chi connectivity index (χ3v) is 5.96. The van der Waals surface area contributed by atoms with Gasteiger partial charge in [-0.05, 0) is 18.2 Å². The molecule has 0 amide bonds. The van der Waals surface area contributed by atoms with Gasteiger partial charge >= 0.3 is 0 Å². The number of hydrogen-bond acceptors (Lipinski definition) is 6. The van der Waals surface area contributed by atoms with Crippen molar-refractivity contribution in [3.05, 3.63) is 88.6 Å². The van der Waals surface area contributed by atoms with Gasteiger partial charge in [-0.3, -0.25) is 14.1 Å². The van der Waals surface area contributed by atoms with Crippen LogP contribution in [0.3, 0.4) is 0 Å². The molecule has 0 radical (unpaired) electrons. The maximum absolute atomic E-state index is 13.1. The second kappa shape index (κ2) is 6.52. The topological polar surface area (TPSA) is 127 Å². The van der Waals surface area contributed by atoms with Gasteiger partial charge in [-0.25, -0.2) is 0 Å². The minimum Gasteiger partial charge on any atom is -0.355 e. The summed E-state index contributed by atoms with van der Waals surface area (Å²) in [7, 11) is -4.61. The second-order valence-electron chi connectivity index (χ2n) is 6.57. The van der Waals surface area contributed by atoms with Gasteiger partial charge in [0.25, 0.3) is 10.1 Å². The first-order valence-electron chi connectivity index (χ1n) is 8.48. The molecule has 0 aliphatic heterocycles. The lowest BCUT2D eigenvalue weighted by Gasteiger charge is -2.33. The molecule has 8 heteroatoms. The third kappa shape index (κ3) is 2.88. The Morgan fingerprint density at radius 3 is 2.07 bits per heavy atom. The van der Waals surface area contributed by atoms with Gasteiger partial charge in [0, 0.05) is 28.1 Å². The average Bonchev–Trinajstić information content (AvgIpc) is 2.67. The van der Waals surface area contributed by atoms with E-state index in [4.69, 9.17) is 5.73 Å². The van der Waals surface area contributed by atoms with Crippen molar-refractivity contribution < 1.29 is 22.6 Å². The zero-order chi connectivity index (χ0) is 20.1. The van der Waals surface area contributed by atoms with Crippen molar-refractivity contribution in [2.75, 3.05) is 5.32 Å². The molecule has 0 bridgehead atoms. The summed E-state index contributed by atoms with van der Waals surface area (Å²) in [5, 5.41) is 1.43. The number of hydrogen-bond donors (Lipinski definition) is 3. The Balaban J connectivity index is 1.92. The standard InChI is InChI=1S/C20H16N2O5S/c21-18-15(28(25,26)27)10-14(22-11-6-2-1-3-7-11)16-17(18)20(24)13-9-5-4-8-12(13)19(16)23/h1-10,15,18,22H,21H2,(H,25,26,27). The number of anilines is 1. The van der Waals surface area contributed by atoms with Crippen molar-refractivity contribution >= 4 is 27.4 Å². The lowest BCUT2D eigenvalue weighted by atomic mass is 9.76. The van der Waals surface area contributed by atoms with Gasteiger partial charge in [-0.1, -0.05) is 42.5 Å². The number of benzene rings is 2. The highest BCUT2D eigenvalue weighted by Gasteiger charge is 2.44. The highest BCUT2D eigenvalue weighted by atomic mass is 32.2. The molecule has 28 heavy (non-hydrogen) atoms. The molecule has 7 nitrogen and oxygen atoms in total. The van der Waals surface area contributed by atoms with E-state index in [-0.39, 0.29) is 28.0 Å². The lowest BCUT2D eigenvalue weighted by Crippen LogP contribution is -2.48. The number of carbonyl (C=O) groups excluding carboxylic acids is 2. The predicted molar refractivity (Wildman–Crippen MR) is 104 cm³/mol. The molecule has 4 rings (SSSR count). The van der Waals surface area contributed by atoms with Gasteiger partial charge in [0.15, 0.2) is 11.6 Å². The summed E-state index contributed by atoms with van der Waals surface area (Å²) in [6, 6.07) is 13.7. The predicted octanol–water partition coefficient (Wildman–Crippen LogP) is 1.96. The Labute approximate surface area is 161 Å². The van der Waals surface area contributed by atoms with Gasteiger partial charge in [-0.2, -0.15) is 8.42 Å². The van der Waals surface area contributed by atoms with E-state index in [0.29, 0.717) is 5.69 Å². The molecule has 0 spiro atoms. The summed E-state index contributed by atoms with van der Waals surface area (Å²) in [5.41, 5.74) is 7.05. The highest BCUT2D eigenvalue weighted by molar-refractivity contribution is 7.86. The van der Waals surface area contributed by atoms with E-state index in [1.54, 1.807) is 48.5 Å². The fraction of sp³-hybridized carbons (Fsp3) is 0.100. The van der Waals surface area contributed by atoms with Crippen LogP contribution in [0.15, 0.2) is 77.5 Å². The van der Waals surface area contributed by atoms with Crippen LogP contribution in [0.25, 0.3) is 0 Å². The van der Waals surface area contributed by atoms with Gasteiger partial charge in [0.1, 0.15) is 5.25 Å². The maximum Gasteiger partial charge on any atom is 0.273 e. The summed E-state index contributed by atoms with van der Waals surface area (Å²) >= 11 is 0. The van der Waals surface area contributed by atoms with Crippen LogP contribution in [-0.2, 0) is 10.1 Å². The largest absolute Gasteiger partial charge is 0.355 e. The number of nitrogens with two attached hydrogens (primary N) is 1. The van der Waals surface area contributed by atoms with E-state index in [2.05, 4.69) is 5.32 Å². The Hall–Kier alpha value is -3.07. The number of carbonyl (C=O) groups is 2. The number of ketones is 2. The number of allylic oxidation sites excluding steroid dienone is 1. The van der Waals surface area contributed by atoms with Crippen LogP contribution in [0.1, 0.15) is 20.7 Å². The number of rotatable bonds is 3. The zero-order valence-corrected chi connectivity index (χ0v) is 15.3. The minimum absolute atomic E-state index is 0.0277. The van der Waals surface area contributed by atoms with E-state index in [1.165, 1.54) is 12.1 Å². The molecule has 0 saturated carbocycles. The van der Waals surface area contributed by atoms with Crippen LogP contribution < -0.4 is 11.1 Å². The maximum atomic E-state index is 13.1. The molecule has 2 aromatic rings. The average molecular weight is 396 g/mol. The van der Waals surface area contributed by atoms with Gasteiger partial charge in [0.2, 0.25) is 0 Å². The Bertz CT molecular complexity index is 1170. The van der Waals surface area contributed by atoms with E-state index in [1.807, 2.05) is 0 Å². The van der Waals surface area contributed by atoms with Crippen molar-refractivity contribution in [1.29, 1.82) is 0 Å². The van der Waals surface area contributed by atoms with Crippen molar-refractivity contribution in [3.63, 3.8) is 0 Å². The summed E-state index contributed by atoms with van der Waals surface area (Å²) in [6.45, 7) is 0. The van der Waals surface area contributed by atoms with Gasteiger partial charge in [0.05, 0.1) is 11.6 Å². The lowest BCUT2D eigenvalue weighted by molar-refractivity contribution is 0.0970. The molecule has 2 atom stereocenters. The fourth-order valence-corrected chi connectivity index (χ4v) is 4.36. The van der Waals surface area contributed by atoms with Crippen LogP contribution in [0.4, 0.5) is 5.69 Å². The van der Waals surface area contributed by atoms with Crippen LogP contribution in [-0.4, -0.2) is 35.8 Å². The van der Waals surface area contributed by atoms with E-state index >= 15 is 0 Å². The highest BCUT2D eigenvalue weighted by Crippen LogP contribution is 2.37. The number of Topliss-reactive ketones (excluding diaryl/α,β-unsaturated/α-hetero) is 2. The molecule has 0 fully saturated rings. The number of para-hydroxylation sites is 1. The molecule has 2 aromatic carbocycles. The summed E-state index contributed by atoms with van der Waals surface area (Å²) < 4.78 is 33.4. The molecular formula is C20H16N2O5S. The smallest absolute Gasteiger partial charge is 0.273 e. The van der Waals surface area contributed by atoms with Crippen molar-refractivity contribution in [3.8, 4) is 0 Å². The molecule has 2 aliphatic carbocycles. The molecule has 0 saturated heterocycles. The summed E-state index contributed by atoms with van der Waals surface area (Å²) in [6.07, 6.45) is 1.19. The van der Waals surface area contributed by atoms with E-state index < -0.39 is 33.0 Å². The second-order valence-corrected chi connectivity index (χ2v) is 8.14. The van der Waals surface area contributed by atoms with Crippen molar-refractivity contribution in [2.24, 2.45) is 5.73 Å². The van der Waals surface area contributed by atoms with E-state index in [9.17, 15) is 22.6 Å². The van der Waals surface area contributed by atoms with E-state index in [0.717, 1.165) is 0 Å². The SMILES string of the molecule is NC1C2=C(C(=O)c3ccccc3C2=O)C(Nc2ccccc2)=CC1S(=O)(=O)O. The molecule has 0 aromatic heterocycles. The number of nitrogens with one attached hydrogen (secondary N) is 1. The first kappa shape index (κ1) is 18.3. The molecule has 0 heterocycles. The third-order valence-electron chi connectivity index (χ3n) is 4.84. The molecular weight excluding hydrogens is 380 g/mol. The fourth-order valence-electron chi connectivity index (χ4n) is 3.55. The Morgan fingerprint density at radius 2 is 1.46 bits per heavy atom. The quantitative estimate of drug-likeness (QED) is 0.677. The molecule has 2 aliphatic rings. The summed E-state index contributed by atoms with van der Waals surface area (Å²) in [5.74, 6) is -0.948. The molecule has 2 unspecified atom stereocenters. The van der Waals surface area contributed by atoms with Crippen molar-refractivity contribution in [2.45, 2.75) is 11.3 Å². The Morgan fingerprint density at radius 1 is 0.893 bits per heavy atom. The first-order chi connectivity index (χ1) is 13.3. The first-order valence-corrected chi connectivity index (χ1v) is 9.98. The van der Waals surface area contributed by atoms with Gasteiger partial charge < -0.3 is 11.1 Å². The van der Waals surface area contributed by atoms with Crippen LogP contribution >= 0.6 is 0 Å². The molecule has 142 valence electrons. The number of fused-ring (bicyclic) bond motifs is 1. The van der Waals surface area contributed by atoms with Crippen LogP contribution in [0.5, 0.6) is 0 Å². The summed E-state index contributed by atoms with van der Waals surface area (Å²) in [4.78, 5) is 26.2.